The lowest BCUT2D eigenvalue weighted by Crippen LogP contribution is -2.38. The van der Waals surface area contributed by atoms with Gasteiger partial charge in [-0.25, -0.2) is 4.98 Å². The summed E-state index contributed by atoms with van der Waals surface area (Å²) in [5, 5.41) is 6.27. The Hall–Kier alpha value is -2.73. The van der Waals surface area contributed by atoms with Crippen molar-refractivity contribution in [1.29, 1.82) is 0 Å². The highest BCUT2D eigenvalue weighted by atomic mass is 32.1. The molecule has 2 amide bonds. The van der Waals surface area contributed by atoms with E-state index in [-0.39, 0.29) is 24.8 Å². The number of carbonyl (C=O) groups excluding carboxylic acids is 2. The van der Waals surface area contributed by atoms with Crippen molar-refractivity contribution in [1.82, 2.24) is 15.6 Å². The molecule has 1 aliphatic rings. The summed E-state index contributed by atoms with van der Waals surface area (Å²) in [4.78, 5) is 28.4. The van der Waals surface area contributed by atoms with Crippen LogP contribution in [-0.2, 0) is 16.0 Å². The Balaban J connectivity index is 1.35. The molecule has 2 N–H and O–H groups in total. The second-order valence-corrected chi connectivity index (χ2v) is 7.97. The van der Waals surface area contributed by atoms with Gasteiger partial charge in [0.1, 0.15) is 5.01 Å². The Kier molecular flexibility index (Phi) is 5.16. The number of carbonyl (C=O) groups is 2. The van der Waals surface area contributed by atoms with E-state index in [0.717, 1.165) is 32.9 Å². The Bertz CT molecular complexity index is 964. The summed E-state index contributed by atoms with van der Waals surface area (Å²) < 4.78 is 1.06. The zero-order valence-corrected chi connectivity index (χ0v) is 15.7. The number of aromatic nitrogens is 1. The van der Waals surface area contributed by atoms with Crippen LogP contribution in [0.1, 0.15) is 17.8 Å². The van der Waals surface area contributed by atoms with Crippen LogP contribution < -0.4 is 10.6 Å². The van der Waals surface area contributed by atoms with E-state index in [9.17, 15) is 9.59 Å². The van der Waals surface area contributed by atoms with E-state index < -0.39 is 0 Å². The first-order valence-corrected chi connectivity index (χ1v) is 9.97. The maximum absolute atomic E-state index is 12.1. The van der Waals surface area contributed by atoms with Crippen molar-refractivity contribution in [3.8, 4) is 11.1 Å². The summed E-state index contributed by atoms with van der Waals surface area (Å²) >= 11 is 1.52. The second kappa shape index (κ2) is 7.88. The van der Waals surface area contributed by atoms with Gasteiger partial charge in [0, 0.05) is 6.54 Å². The van der Waals surface area contributed by atoms with Gasteiger partial charge in [0.25, 0.3) is 0 Å². The van der Waals surface area contributed by atoms with Gasteiger partial charge in [-0.05, 0) is 42.0 Å². The number of thiazole rings is 1. The van der Waals surface area contributed by atoms with E-state index in [4.69, 9.17) is 0 Å². The lowest BCUT2D eigenvalue weighted by atomic mass is 10.1. The summed E-state index contributed by atoms with van der Waals surface area (Å²) in [5.74, 6) is 0.319. The highest BCUT2D eigenvalue weighted by Gasteiger charge is 2.21. The van der Waals surface area contributed by atoms with E-state index in [1.165, 1.54) is 24.2 Å². The molecule has 0 bridgehead atoms. The monoisotopic (exact) mass is 379 g/mol. The molecule has 138 valence electrons. The Morgan fingerprint density at radius 2 is 1.81 bits per heavy atom. The predicted octanol–water partition coefficient (Wildman–Crippen LogP) is 3.15. The minimum atomic E-state index is -0.182. The third-order valence-electron chi connectivity index (χ3n) is 4.58. The maximum atomic E-state index is 12.1. The fraction of sp³-hybridized carbons (Fsp3) is 0.286. The molecule has 5 nitrogen and oxygen atoms in total. The average molecular weight is 379 g/mol. The minimum Gasteiger partial charge on any atom is -0.354 e. The van der Waals surface area contributed by atoms with Crippen molar-refractivity contribution in [3.05, 3.63) is 53.5 Å². The number of nitrogens with one attached hydrogen (secondary N) is 2. The Morgan fingerprint density at radius 3 is 2.59 bits per heavy atom. The van der Waals surface area contributed by atoms with Crippen LogP contribution in [0.25, 0.3) is 21.3 Å². The zero-order valence-electron chi connectivity index (χ0n) is 14.9. The summed E-state index contributed by atoms with van der Waals surface area (Å²) in [7, 11) is 0. The molecule has 1 aromatic heterocycles. The van der Waals surface area contributed by atoms with Crippen molar-refractivity contribution in [3.63, 3.8) is 0 Å². The van der Waals surface area contributed by atoms with E-state index in [1.54, 1.807) is 0 Å². The molecule has 4 rings (SSSR count). The third kappa shape index (κ3) is 4.71. The van der Waals surface area contributed by atoms with Crippen LogP contribution in [0.4, 0.5) is 0 Å². The third-order valence-corrected chi connectivity index (χ3v) is 5.60. The predicted molar refractivity (Wildman–Crippen MR) is 108 cm³/mol. The first-order chi connectivity index (χ1) is 13.2. The smallest absolute Gasteiger partial charge is 0.239 e. The molecular weight excluding hydrogens is 358 g/mol. The summed E-state index contributed by atoms with van der Waals surface area (Å²) in [6, 6.07) is 16.3. The van der Waals surface area contributed by atoms with E-state index in [1.807, 2.05) is 30.3 Å². The lowest BCUT2D eigenvalue weighted by molar-refractivity contribution is -0.125. The highest BCUT2D eigenvalue weighted by Crippen LogP contribution is 2.28. The molecule has 1 aliphatic carbocycles. The lowest BCUT2D eigenvalue weighted by Gasteiger charge is -2.05. The van der Waals surface area contributed by atoms with Crippen LogP contribution in [0.5, 0.6) is 0 Å². The van der Waals surface area contributed by atoms with Crippen LogP contribution in [0, 0.1) is 5.92 Å². The molecule has 0 unspecified atom stereocenters. The molecule has 2 aromatic carbocycles. The van der Waals surface area contributed by atoms with Crippen molar-refractivity contribution >= 4 is 33.4 Å². The molecule has 0 atom stereocenters. The Labute approximate surface area is 161 Å². The molecule has 1 heterocycles. The van der Waals surface area contributed by atoms with Gasteiger partial charge < -0.3 is 10.6 Å². The molecule has 0 aliphatic heterocycles. The van der Waals surface area contributed by atoms with Crippen LogP contribution in [-0.4, -0.2) is 29.9 Å². The summed E-state index contributed by atoms with van der Waals surface area (Å²) in [6.07, 6.45) is 2.57. The first kappa shape index (κ1) is 17.7. The van der Waals surface area contributed by atoms with Gasteiger partial charge in [0.2, 0.25) is 11.8 Å². The zero-order chi connectivity index (χ0) is 18.6. The van der Waals surface area contributed by atoms with E-state index in [2.05, 4.69) is 33.8 Å². The number of hydrogen-bond acceptors (Lipinski definition) is 4. The Morgan fingerprint density at radius 1 is 1.00 bits per heavy atom. The highest BCUT2D eigenvalue weighted by molar-refractivity contribution is 7.18. The standard InChI is InChI=1S/C21H21N3O2S/c25-19(23-13-20(26)22-12-14-6-7-14)11-21-24-17-9-8-16(10-18(17)27-21)15-4-2-1-3-5-15/h1-5,8-10,14H,6-7,11-13H2,(H,22,26)(H,23,25). The van der Waals surface area contributed by atoms with Crippen LogP contribution in [0.2, 0.25) is 0 Å². The van der Waals surface area contributed by atoms with Crippen LogP contribution in [0.15, 0.2) is 48.5 Å². The number of rotatable bonds is 7. The molecule has 0 radical (unpaired) electrons. The SMILES string of the molecule is O=C(CNC(=O)Cc1nc2ccc(-c3ccccc3)cc2s1)NCC1CC1. The van der Waals surface area contributed by atoms with E-state index >= 15 is 0 Å². The quantitative estimate of drug-likeness (QED) is 0.662. The average Bonchev–Trinajstić information content (AvgIpc) is 3.43. The second-order valence-electron chi connectivity index (χ2n) is 6.86. The summed E-state index contributed by atoms with van der Waals surface area (Å²) in [5.41, 5.74) is 3.18. The number of amides is 2. The fourth-order valence-corrected chi connectivity index (χ4v) is 3.88. The van der Waals surface area contributed by atoms with Gasteiger partial charge in [-0.3, -0.25) is 9.59 Å². The molecular formula is C21H21N3O2S. The molecule has 1 fully saturated rings. The van der Waals surface area contributed by atoms with Gasteiger partial charge in [-0.15, -0.1) is 11.3 Å². The first-order valence-electron chi connectivity index (χ1n) is 9.15. The van der Waals surface area contributed by atoms with Crippen molar-refractivity contribution in [2.24, 2.45) is 5.92 Å². The number of hydrogen-bond donors (Lipinski definition) is 2. The molecule has 6 heteroatoms. The minimum absolute atomic E-state index is 0.0224. The molecule has 27 heavy (non-hydrogen) atoms. The van der Waals surface area contributed by atoms with E-state index in [0.29, 0.717) is 5.92 Å². The maximum Gasteiger partial charge on any atom is 0.239 e. The number of fused-ring (bicyclic) bond motifs is 1. The van der Waals surface area contributed by atoms with Crippen molar-refractivity contribution < 1.29 is 9.59 Å². The van der Waals surface area contributed by atoms with Crippen LogP contribution in [0.3, 0.4) is 0 Å². The van der Waals surface area contributed by atoms with Gasteiger partial charge in [0.05, 0.1) is 23.2 Å². The van der Waals surface area contributed by atoms with Crippen molar-refractivity contribution in [2.45, 2.75) is 19.3 Å². The normalized spacial score (nSPS) is 13.5. The molecule has 0 spiro atoms. The fourth-order valence-electron chi connectivity index (χ4n) is 2.88. The van der Waals surface area contributed by atoms with Gasteiger partial charge in [-0.1, -0.05) is 36.4 Å². The molecule has 1 saturated carbocycles. The van der Waals surface area contributed by atoms with Gasteiger partial charge in [0.15, 0.2) is 0 Å². The van der Waals surface area contributed by atoms with Crippen molar-refractivity contribution in [2.75, 3.05) is 13.1 Å². The molecule has 3 aromatic rings. The molecule has 0 saturated heterocycles. The van der Waals surface area contributed by atoms with Gasteiger partial charge >= 0.3 is 0 Å². The largest absolute Gasteiger partial charge is 0.354 e. The topological polar surface area (TPSA) is 71.1 Å². The summed E-state index contributed by atoms with van der Waals surface area (Å²) in [6.45, 7) is 0.741. The number of benzene rings is 2. The van der Waals surface area contributed by atoms with Gasteiger partial charge in [-0.2, -0.15) is 0 Å². The number of nitrogens with zero attached hydrogens (tertiary/aromatic N) is 1. The van der Waals surface area contributed by atoms with Crippen LogP contribution >= 0.6 is 11.3 Å².